The van der Waals surface area contributed by atoms with Gasteiger partial charge in [-0.3, -0.25) is 10.2 Å². The van der Waals surface area contributed by atoms with Crippen molar-refractivity contribution in [2.75, 3.05) is 11.1 Å². The van der Waals surface area contributed by atoms with E-state index in [4.69, 9.17) is 15.9 Å². The summed E-state index contributed by atoms with van der Waals surface area (Å²) < 4.78 is 5.94. The number of carbonyl (C=O) groups is 1. The first kappa shape index (κ1) is 20.1. The maximum Gasteiger partial charge on any atom is 0.306 e. The number of carboxylic acids is 1. The second-order valence-corrected chi connectivity index (χ2v) is 8.70. The molecular formula is C21H24N5O3S+. The fourth-order valence-electron chi connectivity index (χ4n) is 3.75. The maximum absolute atomic E-state index is 11.4. The van der Waals surface area contributed by atoms with Gasteiger partial charge in [-0.05, 0) is 44.7 Å². The Kier molecular flexibility index (Phi) is 5.29. The first-order valence-electron chi connectivity index (χ1n) is 9.77. The first-order chi connectivity index (χ1) is 14.4. The molecule has 0 fully saturated rings. The molecule has 4 rings (SSSR count). The molecule has 3 aromatic rings. The Hall–Kier alpha value is -3.20. The lowest BCUT2D eigenvalue weighted by Gasteiger charge is -2.19. The number of nitrogens with one attached hydrogen (secondary N) is 1. The van der Waals surface area contributed by atoms with Gasteiger partial charge in [-0.2, -0.15) is 0 Å². The SMILES string of the molecule is CC(C)Oc1cc(N)c(C=[NH2+])cc1Nc1ncnc2sc3c(c12)CCC(C(=O)O)C3. The number of fused-ring (bicyclic) bond motifs is 3. The molecule has 0 saturated heterocycles. The van der Waals surface area contributed by atoms with Crippen LogP contribution in [0.2, 0.25) is 0 Å². The van der Waals surface area contributed by atoms with Gasteiger partial charge in [0.15, 0.2) is 6.21 Å². The highest BCUT2D eigenvalue weighted by molar-refractivity contribution is 7.19. The molecular weight excluding hydrogens is 402 g/mol. The van der Waals surface area contributed by atoms with Gasteiger partial charge in [-0.15, -0.1) is 11.3 Å². The quantitative estimate of drug-likeness (QED) is 0.350. The Morgan fingerprint density at radius 1 is 1.43 bits per heavy atom. The molecule has 0 bridgehead atoms. The van der Waals surface area contributed by atoms with E-state index in [2.05, 4.69) is 15.3 Å². The van der Waals surface area contributed by atoms with Crippen molar-refractivity contribution in [3.05, 3.63) is 34.5 Å². The van der Waals surface area contributed by atoms with Crippen LogP contribution in [-0.2, 0) is 17.6 Å². The van der Waals surface area contributed by atoms with Crippen molar-refractivity contribution >= 4 is 50.9 Å². The van der Waals surface area contributed by atoms with E-state index < -0.39 is 5.97 Å². The predicted octanol–water partition coefficient (Wildman–Crippen LogP) is 2.17. The molecule has 1 aromatic carbocycles. The number of carboxylic acid groups (broad SMARTS) is 1. The summed E-state index contributed by atoms with van der Waals surface area (Å²) in [6.07, 6.45) is 4.75. The minimum absolute atomic E-state index is 0.0371. The molecule has 30 heavy (non-hydrogen) atoms. The highest BCUT2D eigenvalue weighted by Crippen LogP contribution is 2.41. The molecule has 6 N–H and O–H groups in total. The highest BCUT2D eigenvalue weighted by atomic mass is 32.1. The van der Waals surface area contributed by atoms with Crippen molar-refractivity contribution in [2.45, 2.75) is 39.2 Å². The summed E-state index contributed by atoms with van der Waals surface area (Å²) in [7, 11) is 0. The van der Waals surface area contributed by atoms with Gasteiger partial charge >= 0.3 is 5.97 Å². The standard InChI is InChI=1S/C21H23N5O3S/c1-10(2)29-16-7-14(23)12(8-22)5-15(16)26-19-18-13-4-3-11(21(27)28)6-17(13)30-20(18)25-9-24-19/h5,7-11,22H,3-4,6,23H2,1-2H3,(H,27,28)(H,24,25,26)/p+1. The Balaban J connectivity index is 1.78. The number of aliphatic carboxylic acids is 1. The first-order valence-corrected chi connectivity index (χ1v) is 10.6. The lowest BCUT2D eigenvalue weighted by atomic mass is 9.88. The summed E-state index contributed by atoms with van der Waals surface area (Å²) in [6.45, 7) is 3.89. The molecule has 0 spiro atoms. The monoisotopic (exact) mass is 426 g/mol. The second kappa shape index (κ2) is 7.91. The summed E-state index contributed by atoms with van der Waals surface area (Å²) >= 11 is 1.54. The van der Waals surface area contributed by atoms with Gasteiger partial charge in [-0.1, -0.05) is 0 Å². The summed E-state index contributed by atoms with van der Waals surface area (Å²) in [4.78, 5) is 22.2. The number of benzene rings is 1. The smallest absolute Gasteiger partial charge is 0.306 e. The van der Waals surface area contributed by atoms with Crippen LogP contribution < -0.4 is 21.2 Å². The normalized spacial score (nSPS) is 15.8. The average Bonchev–Trinajstić information content (AvgIpc) is 3.08. The van der Waals surface area contributed by atoms with E-state index in [0.717, 1.165) is 20.7 Å². The third-order valence-electron chi connectivity index (χ3n) is 5.18. The Labute approximate surface area is 177 Å². The molecule has 156 valence electrons. The van der Waals surface area contributed by atoms with E-state index in [9.17, 15) is 9.90 Å². The van der Waals surface area contributed by atoms with Gasteiger partial charge < -0.3 is 20.9 Å². The number of aromatic nitrogens is 2. The summed E-state index contributed by atoms with van der Waals surface area (Å²) in [5, 5.41) is 19.4. The number of thiophene rings is 1. The van der Waals surface area contributed by atoms with Gasteiger partial charge in [0.1, 0.15) is 22.7 Å². The van der Waals surface area contributed by atoms with Crippen molar-refractivity contribution in [1.82, 2.24) is 9.97 Å². The zero-order valence-electron chi connectivity index (χ0n) is 16.8. The third-order valence-corrected chi connectivity index (χ3v) is 6.34. The number of anilines is 3. The number of nitrogens with zero attached hydrogens (tertiary/aromatic N) is 2. The van der Waals surface area contributed by atoms with Crippen molar-refractivity contribution < 1.29 is 20.0 Å². The van der Waals surface area contributed by atoms with Crippen molar-refractivity contribution in [2.24, 2.45) is 5.92 Å². The number of aryl methyl sites for hydroxylation is 1. The Morgan fingerprint density at radius 2 is 2.23 bits per heavy atom. The molecule has 0 radical (unpaired) electrons. The zero-order chi connectivity index (χ0) is 21.4. The summed E-state index contributed by atoms with van der Waals surface area (Å²) in [5.74, 6) is 0.175. The van der Waals surface area contributed by atoms with Crippen LogP contribution in [0.3, 0.4) is 0 Å². The molecule has 1 aliphatic rings. The van der Waals surface area contributed by atoms with E-state index in [1.807, 2.05) is 19.9 Å². The van der Waals surface area contributed by atoms with Gasteiger partial charge in [0, 0.05) is 16.6 Å². The highest BCUT2D eigenvalue weighted by Gasteiger charge is 2.29. The largest absolute Gasteiger partial charge is 0.489 e. The number of nitrogens with two attached hydrogens (primary N) is 2. The van der Waals surface area contributed by atoms with Crippen molar-refractivity contribution in [3.8, 4) is 5.75 Å². The molecule has 1 aliphatic carbocycles. The molecule has 9 heteroatoms. The van der Waals surface area contributed by atoms with Gasteiger partial charge in [-0.25, -0.2) is 9.97 Å². The van der Waals surface area contributed by atoms with Crippen LogP contribution in [0, 0.1) is 5.92 Å². The van der Waals surface area contributed by atoms with Crippen LogP contribution in [0.4, 0.5) is 17.2 Å². The lowest BCUT2D eigenvalue weighted by molar-refractivity contribution is -0.142. The van der Waals surface area contributed by atoms with Gasteiger partial charge in [0.05, 0.1) is 28.7 Å². The van der Waals surface area contributed by atoms with Gasteiger partial charge in [0.2, 0.25) is 0 Å². The van der Waals surface area contributed by atoms with E-state index in [1.54, 1.807) is 6.07 Å². The third kappa shape index (κ3) is 3.68. The predicted molar refractivity (Wildman–Crippen MR) is 118 cm³/mol. The average molecular weight is 427 g/mol. The van der Waals surface area contributed by atoms with E-state index >= 15 is 0 Å². The lowest BCUT2D eigenvalue weighted by Crippen LogP contribution is -2.30. The molecule has 2 aromatic heterocycles. The molecule has 1 unspecified atom stereocenters. The number of hydrogen-bond acceptors (Lipinski definition) is 7. The molecule has 8 nitrogen and oxygen atoms in total. The van der Waals surface area contributed by atoms with Crippen molar-refractivity contribution in [3.63, 3.8) is 0 Å². The van der Waals surface area contributed by atoms with Crippen LogP contribution in [0.1, 0.15) is 36.3 Å². The minimum atomic E-state index is -0.745. The van der Waals surface area contributed by atoms with Gasteiger partial charge in [0.25, 0.3) is 0 Å². The molecule has 0 amide bonds. The number of ether oxygens (including phenoxy) is 1. The van der Waals surface area contributed by atoms with Crippen LogP contribution in [0.25, 0.3) is 10.2 Å². The van der Waals surface area contributed by atoms with Crippen LogP contribution in [0.15, 0.2) is 18.5 Å². The van der Waals surface area contributed by atoms with E-state index in [-0.39, 0.29) is 12.0 Å². The van der Waals surface area contributed by atoms with E-state index in [1.165, 1.54) is 23.9 Å². The minimum Gasteiger partial charge on any atom is -0.489 e. The molecule has 2 heterocycles. The van der Waals surface area contributed by atoms with Crippen LogP contribution in [0.5, 0.6) is 5.75 Å². The second-order valence-electron chi connectivity index (χ2n) is 7.62. The number of hydrogen-bond donors (Lipinski definition) is 4. The molecule has 0 aliphatic heterocycles. The maximum atomic E-state index is 11.4. The van der Waals surface area contributed by atoms with E-state index in [0.29, 0.717) is 47.8 Å². The van der Waals surface area contributed by atoms with Crippen LogP contribution >= 0.6 is 11.3 Å². The fraction of sp³-hybridized carbons (Fsp3) is 0.333. The Morgan fingerprint density at radius 3 is 2.93 bits per heavy atom. The number of rotatable bonds is 6. The van der Waals surface area contributed by atoms with Crippen LogP contribution in [-0.4, -0.2) is 33.4 Å². The topological polar surface area (TPSA) is 136 Å². The molecule has 1 atom stereocenters. The summed E-state index contributed by atoms with van der Waals surface area (Å²) in [5.41, 5.74) is 9.13. The number of nitrogen functional groups attached to an aromatic ring is 1. The zero-order valence-corrected chi connectivity index (χ0v) is 17.6. The van der Waals surface area contributed by atoms with Crippen molar-refractivity contribution in [1.29, 1.82) is 0 Å². The molecule has 0 saturated carbocycles. The fourth-order valence-corrected chi connectivity index (χ4v) is 5.02. The summed E-state index contributed by atoms with van der Waals surface area (Å²) in [6, 6.07) is 3.58. The Bertz CT molecular complexity index is 1140.